The van der Waals surface area contributed by atoms with Gasteiger partial charge in [0.2, 0.25) is 0 Å². The molecule has 0 saturated carbocycles. The highest BCUT2D eigenvalue weighted by Crippen LogP contribution is 2.47. The van der Waals surface area contributed by atoms with E-state index < -0.39 is 6.09 Å². The average molecular weight is 820 g/mol. The molecule has 0 aliphatic carbocycles. The van der Waals surface area contributed by atoms with Gasteiger partial charge in [-0.3, -0.25) is 4.90 Å². The summed E-state index contributed by atoms with van der Waals surface area (Å²) in [5.74, 6) is 1.76. The first kappa shape index (κ1) is 45.6. The van der Waals surface area contributed by atoms with Crippen LogP contribution in [0.5, 0.6) is 0 Å². The fourth-order valence-electron chi connectivity index (χ4n) is 11.8. The second-order valence-electron chi connectivity index (χ2n) is 20.5. The molecule has 0 spiro atoms. The lowest BCUT2D eigenvalue weighted by Gasteiger charge is -2.58. The van der Waals surface area contributed by atoms with E-state index in [0.717, 1.165) is 77.8 Å². The summed E-state index contributed by atoms with van der Waals surface area (Å²) in [6.45, 7) is 22.6. The molecular weight excluding hydrogens is 743 g/mol. The number of benzene rings is 3. The first-order valence-corrected chi connectivity index (χ1v) is 23.3. The van der Waals surface area contributed by atoms with Gasteiger partial charge in [-0.1, -0.05) is 112 Å². The lowest BCUT2D eigenvalue weighted by molar-refractivity contribution is -0.0695. The van der Waals surface area contributed by atoms with Crippen LogP contribution in [0.1, 0.15) is 135 Å². The van der Waals surface area contributed by atoms with E-state index in [1.165, 1.54) is 42.4 Å². The van der Waals surface area contributed by atoms with Crippen LogP contribution in [0.4, 0.5) is 9.59 Å². The lowest BCUT2D eigenvalue weighted by atomic mass is 9.62. The van der Waals surface area contributed by atoms with Crippen molar-refractivity contribution >= 4 is 12.1 Å². The van der Waals surface area contributed by atoms with Crippen molar-refractivity contribution in [3.63, 3.8) is 0 Å². The van der Waals surface area contributed by atoms with Gasteiger partial charge < -0.3 is 25.1 Å². The van der Waals surface area contributed by atoms with Crippen molar-refractivity contribution in [2.45, 2.75) is 148 Å². The number of nitrogens with zero attached hydrogens (tertiary/aromatic N) is 4. The molecule has 7 rings (SSSR count). The molecule has 2 N–H and O–H groups in total. The lowest BCUT2D eigenvalue weighted by Crippen LogP contribution is -2.68. The Bertz CT molecular complexity index is 1760. The molecular formula is C52H77N5O3. The van der Waals surface area contributed by atoms with Gasteiger partial charge in [0.1, 0.15) is 0 Å². The zero-order valence-electron chi connectivity index (χ0n) is 38.1. The van der Waals surface area contributed by atoms with Crippen molar-refractivity contribution in [2.24, 2.45) is 11.3 Å². The fourth-order valence-corrected chi connectivity index (χ4v) is 11.8. The van der Waals surface area contributed by atoms with E-state index in [-0.39, 0.29) is 22.5 Å². The minimum absolute atomic E-state index is 0.110. The summed E-state index contributed by atoms with van der Waals surface area (Å²) in [6.07, 6.45) is 10.2. The number of likely N-dealkylation sites (tertiary alicyclic amines) is 4. The number of nitrogens with one attached hydrogen (secondary N) is 1. The predicted octanol–water partition coefficient (Wildman–Crippen LogP) is 10.9. The summed E-state index contributed by atoms with van der Waals surface area (Å²) >= 11 is 0. The molecule has 3 amide bonds. The Morgan fingerprint density at radius 3 is 1.65 bits per heavy atom. The number of piperidine rings is 4. The van der Waals surface area contributed by atoms with Crippen LogP contribution in [-0.4, -0.2) is 106 Å². The monoisotopic (exact) mass is 820 g/mol. The third kappa shape index (κ3) is 11.5. The standard InChI is InChI=1S/C33H49N3O.C19H28N2O2/c1-32(2,3)30-29(35-23-19-28(20-24-35)27-17-10-7-11-18-27)21-25-36(33(30,4)5)31(37)34-22-13-12-16-26-14-8-6-9-15-26;1-19(2)14-17(10-13-21(19)18(22)23)20-11-8-16(9-12-20)15-6-4-3-5-7-15/h6-11,14-15,17-18,28-30H,12-13,16,19-25H2,1-5H3,(H,34,37);3-7,16-17H,8-14H2,1-2H3,(H,22,23). The average Bonchev–Trinajstić information content (AvgIpc) is 3.23. The first-order chi connectivity index (χ1) is 28.6. The van der Waals surface area contributed by atoms with Crippen molar-refractivity contribution in [3.8, 4) is 0 Å². The van der Waals surface area contributed by atoms with Gasteiger partial charge in [0.15, 0.2) is 0 Å². The molecule has 3 unspecified atom stereocenters. The van der Waals surface area contributed by atoms with Gasteiger partial charge in [0.25, 0.3) is 0 Å². The van der Waals surface area contributed by atoms with E-state index in [0.29, 0.717) is 36.4 Å². The van der Waals surface area contributed by atoms with Crippen LogP contribution < -0.4 is 5.32 Å². The van der Waals surface area contributed by atoms with Gasteiger partial charge in [-0.15, -0.1) is 0 Å². The number of unbranched alkanes of at least 4 members (excludes halogenated alkanes) is 1. The Labute approximate surface area is 363 Å². The molecule has 4 aliphatic heterocycles. The van der Waals surface area contributed by atoms with Gasteiger partial charge in [0.05, 0.1) is 0 Å². The number of rotatable bonds is 9. The van der Waals surface area contributed by atoms with Crippen molar-refractivity contribution in [3.05, 3.63) is 108 Å². The summed E-state index contributed by atoms with van der Waals surface area (Å²) < 4.78 is 0. The quantitative estimate of drug-likeness (QED) is 0.210. The number of aryl methyl sites for hydroxylation is 1. The third-order valence-corrected chi connectivity index (χ3v) is 14.6. The minimum atomic E-state index is -0.781. The summed E-state index contributed by atoms with van der Waals surface area (Å²) in [5, 5.41) is 12.6. The summed E-state index contributed by atoms with van der Waals surface area (Å²) in [7, 11) is 0. The van der Waals surface area contributed by atoms with E-state index in [9.17, 15) is 14.7 Å². The molecule has 0 aromatic heterocycles. The molecule has 4 saturated heterocycles. The van der Waals surface area contributed by atoms with Crippen LogP contribution in [-0.2, 0) is 6.42 Å². The number of carbonyl (C=O) groups excluding carboxylic acids is 1. The largest absolute Gasteiger partial charge is 0.465 e. The molecule has 4 heterocycles. The smallest absolute Gasteiger partial charge is 0.407 e. The second kappa shape index (κ2) is 20.3. The van der Waals surface area contributed by atoms with Crippen molar-refractivity contribution < 1.29 is 14.7 Å². The summed E-state index contributed by atoms with van der Waals surface area (Å²) in [4.78, 5) is 33.9. The SMILES string of the molecule is CC(C)(C)C1C(N2CCC(c3ccccc3)CC2)CCN(C(=O)NCCCCc2ccccc2)C1(C)C.CC1(C)CC(N2CCC(c3ccccc3)CC2)CCN1C(=O)O. The maximum absolute atomic E-state index is 13.4. The third-order valence-electron chi connectivity index (χ3n) is 14.6. The minimum Gasteiger partial charge on any atom is -0.465 e. The number of urea groups is 1. The predicted molar refractivity (Wildman–Crippen MR) is 247 cm³/mol. The molecule has 60 heavy (non-hydrogen) atoms. The zero-order chi connectivity index (χ0) is 42.9. The number of hydrogen-bond donors (Lipinski definition) is 2. The molecule has 0 radical (unpaired) electrons. The highest BCUT2D eigenvalue weighted by molar-refractivity contribution is 5.75. The highest BCUT2D eigenvalue weighted by Gasteiger charge is 2.52. The Morgan fingerprint density at radius 1 is 0.650 bits per heavy atom. The van der Waals surface area contributed by atoms with Crippen molar-refractivity contribution in [1.29, 1.82) is 0 Å². The van der Waals surface area contributed by atoms with Crippen molar-refractivity contribution in [2.75, 3.05) is 45.8 Å². The number of amides is 3. The van der Waals surface area contributed by atoms with E-state index in [2.05, 4.69) is 159 Å². The molecule has 3 aromatic rings. The molecule has 4 fully saturated rings. The van der Waals surface area contributed by atoms with Crippen LogP contribution in [0.2, 0.25) is 0 Å². The van der Waals surface area contributed by atoms with Gasteiger partial charge in [-0.05, 0) is 152 Å². The van der Waals surface area contributed by atoms with Gasteiger partial charge in [0, 0.05) is 48.7 Å². The zero-order valence-corrected chi connectivity index (χ0v) is 38.1. The molecule has 8 heteroatoms. The normalized spacial score (nSPS) is 24.3. The molecule has 8 nitrogen and oxygen atoms in total. The van der Waals surface area contributed by atoms with Gasteiger partial charge >= 0.3 is 12.1 Å². The van der Waals surface area contributed by atoms with Crippen LogP contribution in [0.15, 0.2) is 91.0 Å². The Hall–Kier alpha value is -3.88. The summed E-state index contributed by atoms with van der Waals surface area (Å²) in [6, 6.07) is 33.6. The van der Waals surface area contributed by atoms with Crippen LogP contribution >= 0.6 is 0 Å². The topological polar surface area (TPSA) is 79.4 Å². The second-order valence-corrected chi connectivity index (χ2v) is 20.5. The van der Waals surface area contributed by atoms with Crippen molar-refractivity contribution in [1.82, 2.24) is 24.9 Å². The molecule has 3 atom stereocenters. The highest BCUT2D eigenvalue weighted by atomic mass is 16.4. The molecule has 328 valence electrons. The first-order valence-electron chi connectivity index (χ1n) is 23.3. The van der Waals surface area contributed by atoms with Gasteiger partial charge in [-0.2, -0.15) is 0 Å². The molecule has 3 aromatic carbocycles. The Kier molecular flexibility index (Phi) is 15.5. The molecule has 4 aliphatic rings. The maximum Gasteiger partial charge on any atom is 0.407 e. The van der Waals surface area contributed by atoms with E-state index in [4.69, 9.17) is 0 Å². The van der Waals surface area contributed by atoms with E-state index >= 15 is 0 Å². The number of hydrogen-bond acceptors (Lipinski definition) is 4. The molecule has 0 bridgehead atoms. The Morgan fingerprint density at radius 2 is 1.15 bits per heavy atom. The van der Waals surface area contributed by atoms with Crippen LogP contribution in [0.25, 0.3) is 0 Å². The van der Waals surface area contributed by atoms with Crippen LogP contribution in [0.3, 0.4) is 0 Å². The van der Waals surface area contributed by atoms with E-state index in [1.807, 2.05) is 0 Å². The maximum atomic E-state index is 13.4. The van der Waals surface area contributed by atoms with Gasteiger partial charge in [-0.25, -0.2) is 9.59 Å². The Balaban J connectivity index is 0.000000224. The summed E-state index contributed by atoms with van der Waals surface area (Å²) in [5.41, 5.74) is 3.98. The number of carboxylic acid groups (broad SMARTS) is 1. The number of carbonyl (C=O) groups is 2. The van der Waals surface area contributed by atoms with E-state index in [1.54, 1.807) is 4.90 Å². The fraction of sp³-hybridized carbons (Fsp3) is 0.615. The van der Waals surface area contributed by atoms with Crippen LogP contribution in [0, 0.1) is 11.3 Å².